The summed E-state index contributed by atoms with van der Waals surface area (Å²) < 4.78 is 13.3. The number of aryl methyl sites for hydroxylation is 1. The minimum atomic E-state index is -0.758. The zero-order chi connectivity index (χ0) is 13.4. The molecule has 0 saturated carbocycles. The first-order chi connectivity index (χ1) is 9.16. The quantitative estimate of drug-likeness (QED) is 0.870. The van der Waals surface area contributed by atoms with E-state index in [2.05, 4.69) is 6.07 Å². The van der Waals surface area contributed by atoms with Gasteiger partial charge in [-0.05, 0) is 42.2 Å². The van der Waals surface area contributed by atoms with Crippen LogP contribution in [0.25, 0.3) is 0 Å². The molecular weight excluding hydrogens is 263 g/mol. The molecule has 0 aromatic heterocycles. The van der Waals surface area contributed by atoms with E-state index in [0.717, 1.165) is 18.4 Å². The summed E-state index contributed by atoms with van der Waals surface area (Å²) in [6.45, 7) is 0. The van der Waals surface area contributed by atoms with Gasteiger partial charge in [-0.2, -0.15) is 0 Å². The van der Waals surface area contributed by atoms with Crippen molar-refractivity contribution in [1.29, 1.82) is 0 Å². The van der Waals surface area contributed by atoms with Crippen LogP contribution in [0.3, 0.4) is 0 Å². The molecule has 1 nitrogen and oxygen atoms in total. The van der Waals surface area contributed by atoms with Crippen LogP contribution in [0.15, 0.2) is 42.5 Å². The third kappa shape index (κ3) is 2.26. The minimum Gasteiger partial charge on any atom is -0.388 e. The van der Waals surface area contributed by atoms with Crippen molar-refractivity contribution in [2.24, 2.45) is 0 Å². The smallest absolute Gasteiger partial charge is 0.123 e. The van der Waals surface area contributed by atoms with Gasteiger partial charge in [0.2, 0.25) is 0 Å². The van der Waals surface area contributed by atoms with Crippen LogP contribution < -0.4 is 0 Å². The average molecular weight is 277 g/mol. The fourth-order valence-corrected chi connectivity index (χ4v) is 3.11. The predicted molar refractivity (Wildman–Crippen MR) is 73.9 cm³/mol. The van der Waals surface area contributed by atoms with Gasteiger partial charge in [-0.1, -0.05) is 35.9 Å². The van der Waals surface area contributed by atoms with Crippen molar-refractivity contribution in [3.8, 4) is 0 Å². The van der Waals surface area contributed by atoms with E-state index < -0.39 is 6.10 Å². The van der Waals surface area contributed by atoms with E-state index in [0.29, 0.717) is 10.6 Å². The highest BCUT2D eigenvalue weighted by Gasteiger charge is 2.30. The van der Waals surface area contributed by atoms with E-state index in [1.165, 1.54) is 23.8 Å². The lowest BCUT2D eigenvalue weighted by atomic mass is 9.90. The number of halogens is 2. The molecule has 0 fully saturated rings. The number of hydrogen-bond donors (Lipinski definition) is 1. The lowest BCUT2D eigenvalue weighted by Crippen LogP contribution is -2.09. The third-order valence-electron chi connectivity index (χ3n) is 3.84. The van der Waals surface area contributed by atoms with Crippen LogP contribution in [0.1, 0.15) is 35.1 Å². The summed E-state index contributed by atoms with van der Waals surface area (Å²) in [6.07, 6.45) is 1.06. The SMILES string of the molecule is OC(c1cc(F)ccc1Cl)C1CCc2ccccc21. The van der Waals surface area contributed by atoms with Gasteiger partial charge in [-0.15, -0.1) is 0 Å². The molecule has 0 radical (unpaired) electrons. The number of hydrogen-bond acceptors (Lipinski definition) is 1. The molecule has 2 aromatic carbocycles. The van der Waals surface area contributed by atoms with Crippen LogP contribution in [-0.4, -0.2) is 5.11 Å². The van der Waals surface area contributed by atoms with Crippen LogP contribution in [0, 0.1) is 5.82 Å². The van der Waals surface area contributed by atoms with Gasteiger partial charge < -0.3 is 5.11 Å². The molecule has 0 spiro atoms. The monoisotopic (exact) mass is 276 g/mol. The van der Waals surface area contributed by atoms with E-state index in [1.807, 2.05) is 18.2 Å². The molecule has 19 heavy (non-hydrogen) atoms. The van der Waals surface area contributed by atoms with Crippen molar-refractivity contribution >= 4 is 11.6 Å². The molecule has 3 heteroatoms. The maximum atomic E-state index is 13.3. The number of benzene rings is 2. The molecule has 1 aliphatic carbocycles. The van der Waals surface area contributed by atoms with Crippen LogP contribution in [-0.2, 0) is 6.42 Å². The van der Waals surface area contributed by atoms with Crippen molar-refractivity contribution in [3.63, 3.8) is 0 Å². The second-order valence-corrected chi connectivity index (χ2v) is 5.36. The Labute approximate surface area is 116 Å². The summed E-state index contributed by atoms with van der Waals surface area (Å²) in [5.74, 6) is -0.375. The van der Waals surface area contributed by atoms with Gasteiger partial charge in [0, 0.05) is 16.5 Å². The molecule has 0 saturated heterocycles. The molecule has 3 rings (SSSR count). The first kappa shape index (κ1) is 12.6. The van der Waals surface area contributed by atoms with E-state index in [-0.39, 0.29) is 11.7 Å². The summed E-state index contributed by atoms with van der Waals surface area (Å²) in [5, 5.41) is 10.9. The number of rotatable bonds is 2. The van der Waals surface area contributed by atoms with Gasteiger partial charge in [0.15, 0.2) is 0 Å². The highest BCUT2D eigenvalue weighted by atomic mass is 35.5. The van der Waals surface area contributed by atoms with E-state index in [4.69, 9.17) is 11.6 Å². The van der Waals surface area contributed by atoms with Gasteiger partial charge in [0.1, 0.15) is 5.82 Å². The summed E-state index contributed by atoms with van der Waals surface area (Å²) in [5.41, 5.74) is 2.89. The lowest BCUT2D eigenvalue weighted by Gasteiger charge is -2.20. The summed E-state index contributed by atoms with van der Waals surface area (Å²) >= 11 is 6.07. The number of aliphatic hydroxyl groups is 1. The van der Waals surface area contributed by atoms with E-state index >= 15 is 0 Å². The number of fused-ring (bicyclic) bond motifs is 1. The zero-order valence-electron chi connectivity index (χ0n) is 10.3. The van der Waals surface area contributed by atoms with Crippen LogP contribution in [0.4, 0.5) is 4.39 Å². The predicted octanol–water partition coefficient (Wildman–Crippen LogP) is 4.24. The Morgan fingerprint density at radius 2 is 2.00 bits per heavy atom. The lowest BCUT2D eigenvalue weighted by molar-refractivity contribution is 0.144. The summed E-state index contributed by atoms with van der Waals surface area (Å²) in [6, 6.07) is 12.2. The largest absolute Gasteiger partial charge is 0.388 e. The van der Waals surface area contributed by atoms with E-state index in [9.17, 15) is 9.50 Å². The molecule has 0 heterocycles. The molecule has 1 aliphatic rings. The number of aliphatic hydroxyl groups excluding tert-OH is 1. The highest BCUT2D eigenvalue weighted by molar-refractivity contribution is 6.31. The summed E-state index contributed by atoms with van der Waals surface area (Å²) in [4.78, 5) is 0. The fourth-order valence-electron chi connectivity index (χ4n) is 2.88. The molecule has 2 unspecified atom stereocenters. The minimum absolute atomic E-state index is 0.00417. The molecule has 98 valence electrons. The average Bonchev–Trinajstić information content (AvgIpc) is 2.84. The van der Waals surface area contributed by atoms with Crippen molar-refractivity contribution in [2.75, 3.05) is 0 Å². The Bertz CT molecular complexity index is 611. The Hall–Kier alpha value is -1.38. The first-order valence-corrected chi connectivity index (χ1v) is 6.75. The van der Waals surface area contributed by atoms with Crippen molar-refractivity contribution < 1.29 is 9.50 Å². The van der Waals surface area contributed by atoms with Crippen molar-refractivity contribution in [2.45, 2.75) is 24.9 Å². The van der Waals surface area contributed by atoms with Crippen molar-refractivity contribution in [1.82, 2.24) is 0 Å². The van der Waals surface area contributed by atoms with Gasteiger partial charge in [-0.3, -0.25) is 0 Å². The van der Waals surface area contributed by atoms with Gasteiger partial charge in [0.05, 0.1) is 6.10 Å². The van der Waals surface area contributed by atoms with Crippen molar-refractivity contribution in [3.05, 3.63) is 70.0 Å². The van der Waals surface area contributed by atoms with Gasteiger partial charge in [-0.25, -0.2) is 4.39 Å². The molecule has 2 aromatic rings. The topological polar surface area (TPSA) is 20.2 Å². The maximum absolute atomic E-state index is 13.3. The molecule has 0 amide bonds. The molecule has 0 aliphatic heterocycles. The molecule has 0 bridgehead atoms. The van der Waals surface area contributed by atoms with Gasteiger partial charge >= 0.3 is 0 Å². The Morgan fingerprint density at radius 3 is 2.84 bits per heavy atom. The third-order valence-corrected chi connectivity index (χ3v) is 4.18. The first-order valence-electron chi connectivity index (χ1n) is 6.37. The Kier molecular flexibility index (Phi) is 3.29. The molecular formula is C16H14ClFO. The second kappa shape index (κ2) is 4.95. The van der Waals surface area contributed by atoms with Gasteiger partial charge in [0.25, 0.3) is 0 Å². The Balaban J connectivity index is 1.97. The van der Waals surface area contributed by atoms with E-state index in [1.54, 1.807) is 0 Å². The van der Waals surface area contributed by atoms with Crippen LogP contribution in [0.2, 0.25) is 5.02 Å². The zero-order valence-corrected chi connectivity index (χ0v) is 11.1. The second-order valence-electron chi connectivity index (χ2n) is 4.95. The fraction of sp³-hybridized carbons (Fsp3) is 0.250. The van der Waals surface area contributed by atoms with Crippen LogP contribution in [0.5, 0.6) is 0 Å². The summed E-state index contributed by atoms with van der Waals surface area (Å²) in [7, 11) is 0. The molecule has 1 N–H and O–H groups in total. The standard InChI is InChI=1S/C16H14ClFO/c17-15-8-6-11(18)9-14(15)16(19)13-7-5-10-3-1-2-4-12(10)13/h1-4,6,8-9,13,16,19H,5,7H2. The normalized spacial score (nSPS) is 19.2. The highest BCUT2D eigenvalue weighted by Crippen LogP contribution is 2.43. The van der Waals surface area contributed by atoms with Crippen LogP contribution >= 0.6 is 11.6 Å². The Morgan fingerprint density at radius 1 is 1.21 bits per heavy atom. The maximum Gasteiger partial charge on any atom is 0.123 e. The molecule has 2 atom stereocenters.